The number of piperidine rings is 1. The number of rotatable bonds is 6. The summed E-state index contributed by atoms with van der Waals surface area (Å²) in [5, 5.41) is 11.9. The number of nitrogens with one attached hydrogen (secondary N) is 2. The molecular formula is C17H23N5O2S. The first-order valence-electron chi connectivity index (χ1n) is 8.43. The summed E-state index contributed by atoms with van der Waals surface area (Å²) in [6.45, 7) is 2.73. The molecule has 8 heteroatoms. The van der Waals surface area contributed by atoms with E-state index in [4.69, 9.17) is 0 Å². The Morgan fingerprint density at radius 2 is 2.28 bits per heavy atom. The summed E-state index contributed by atoms with van der Waals surface area (Å²) < 4.78 is 1.66. The number of anilines is 1. The van der Waals surface area contributed by atoms with E-state index in [2.05, 4.69) is 20.6 Å². The molecule has 0 radical (unpaired) electrons. The Morgan fingerprint density at radius 1 is 1.40 bits per heavy atom. The first-order chi connectivity index (χ1) is 12.1. The van der Waals surface area contributed by atoms with Crippen LogP contribution in [0.2, 0.25) is 0 Å². The van der Waals surface area contributed by atoms with Gasteiger partial charge in [0, 0.05) is 32.4 Å². The number of nitrogens with zero attached hydrogens (tertiary/aromatic N) is 3. The predicted octanol–water partition coefficient (Wildman–Crippen LogP) is 1.56. The third-order valence-electron chi connectivity index (χ3n) is 4.25. The number of thiophene rings is 1. The van der Waals surface area contributed by atoms with Crippen LogP contribution in [0.4, 0.5) is 5.82 Å². The van der Waals surface area contributed by atoms with Crippen molar-refractivity contribution in [2.45, 2.75) is 12.8 Å². The van der Waals surface area contributed by atoms with Crippen LogP contribution in [0.15, 0.2) is 29.8 Å². The summed E-state index contributed by atoms with van der Waals surface area (Å²) in [5.41, 5.74) is 0. The lowest BCUT2D eigenvalue weighted by molar-refractivity contribution is -0.117. The Morgan fingerprint density at radius 3 is 3.00 bits per heavy atom. The maximum Gasteiger partial charge on any atom is 0.261 e. The zero-order chi connectivity index (χ0) is 17.6. The first kappa shape index (κ1) is 17.6. The van der Waals surface area contributed by atoms with Gasteiger partial charge < -0.3 is 10.6 Å². The van der Waals surface area contributed by atoms with Gasteiger partial charge in [-0.2, -0.15) is 5.10 Å². The molecular weight excluding hydrogens is 338 g/mol. The van der Waals surface area contributed by atoms with Crippen LogP contribution in [0.3, 0.4) is 0 Å². The second-order valence-electron chi connectivity index (χ2n) is 6.35. The molecule has 1 fully saturated rings. The van der Waals surface area contributed by atoms with Crippen LogP contribution in [0, 0.1) is 5.92 Å². The number of carbonyl (C=O) groups is 2. The summed E-state index contributed by atoms with van der Waals surface area (Å²) in [4.78, 5) is 27.1. The van der Waals surface area contributed by atoms with E-state index in [-0.39, 0.29) is 11.8 Å². The van der Waals surface area contributed by atoms with E-state index in [0.29, 0.717) is 24.8 Å². The summed E-state index contributed by atoms with van der Waals surface area (Å²) in [6.07, 6.45) is 3.91. The number of carbonyl (C=O) groups excluding carboxylic acids is 2. The molecule has 0 aromatic carbocycles. The van der Waals surface area contributed by atoms with Gasteiger partial charge in [-0.05, 0) is 36.8 Å². The molecule has 2 aromatic heterocycles. The Bertz CT molecular complexity index is 712. The minimum absolute atomic E-state index is 0.0139. The van der Waals surface area contributed by atoms with Crippen LogP contribution in [0.25, 0.3) is 0 Å². The maximum atomic E-state index is 12.1. The van der Waals surface area contributed by atoms with Gasteiger partial charge in [-0.15, -0.1) is 11.3 Å². The van der Waals surface area contributed by atoms with Crippen LogP contribution in [0.5, 0.6) is 0 Å². The largest absolute Gasteiger partial charge is 0.351 e. The van der Waals surface area contributed by atoms with Gasteiger partial charge in [-0.25, -0.2) is 0 Å². The van der Waals surface area contributed by atoms with Crippen molar-refractivity contribution < 1.29 is 9.59 Å². The van der Waals surface area contributed by atoms with Crippen LogP contribution >= 0.6 is 11.3 Å². The van der Waals surface area contributed by atoms with Gasteiger partial charge in [-0.1, -0.05) is 6.07 Å². The monoisotopic (exact) mass is 361 g/mol. The third kappa shape index (κ3) is 5.14. The lowest BCUT2D eigenvalue weighted by Crippen LogP contribution is -2.43. The molecule has 0 saturated carbocycles. The highest BCUT2D eigenvalue weighted by Crippen LogP contribution is 2.16. The van der Waals surface area contributed by atoms with Crippen molar-refractivity contribution in [3.8, 4) is 0 Å². The molecule has 7 nitrogen and oxygen atoms in total. The van der Waals surface area contributed by atoms with E-state index in [1.54, 1.807) is 16.9 Å². The molecule has 1 aliphatic heterocycles. The standard InChI is InChI=1S/C17H23N5O2S/c1-21-8-6-15(20-21)19-16(23)12-22-7-2-4-13(11-22)10-18-17(24)14-5-3-9-25-14/h3,5-6,8-9,13H,2,4,7,10-12H2,1H3,(H,18,24)(H,19,20,23). The second-order valence-corrected chi connectivity index (χ2v) is 7.30. The van der Waals surface area contributed by atoms with Crippen molar-refractivity contribution in [2.75, 3.05) is 31.5 Å². The fourth-order valence-electron chi connectivity index (χ4n) is 3.06. The normalized spacial score (nSPS) is 18.0. The van der Waals surface area contributed by atoms with E-state index < -0.39 is 0 Å². The molecule has 3 rings (SSSR count). The molecule has 0 bridgehead atoms. The highest BCUT2D eigenvalue weighted by atomic mass is 32.1. The fraction of sp³-hybridized carbons (Fsp3) is 0.471. The van der Waals surface area contributed by atoms with Crippen molar-refractivity contribution in [3.05, 3.63) is 34.7 Å². The highest BCUT2D eigenvalue weighted by molar-refractivity contribution is 7.12. The topological polar surface area (TPSA) is 79.3 Å². The molecule has 2 amide bonds. The Kier molecular flexibility index (Phi) is 5.83. The summed E-state index contributed by atoms with van der Waals surface area (Å²) >= 11 is 1.45. The molecule has 1 atom stereocenters. The molecule has 0 spiro atoms. The summed E-state index contributed by atoms with van der Waals surface area (Å²) in [7, 11) is 1.81. The number of aryl methyl sites for hydroxylation is 1. The van der Waals surface area contributed by atoms with Gasteiger partial charge in [0.05, 0.1) is 11.4 Å². The molecule has 1 aliphatic rings. The highest BCUT2D eigenvalue weighted by Gasteiger charge is 2.22. The molecule has 134 valence electrons. The van der Waals surface area contributed by atoms with Gasteiger partial charge in [0.1, 0.15) is 0 Å². The van der Waals surface area contributed by atoms with Crippen LogP contribution < -0.4 is 10.6 Å². The zero-order valence-electron chi connectivity index (χ0n) is 14.3. The quantitative estimate of drug-likeness (QED) is 0.818. The van der Waals surface area contributed by atoms with E-state index in [1.165, 1.54) is 11.3 Å². The minimum Gasteiger partial charge on any atom is -0.351 e. The van der Waals surface area contributed by atoms with Crippen LogP contribution in [0.1, 0.15) is 22.5 Å². The van der Waals surface area contributed by atoms with Crippen LogP contribution in [-0.2, 0) is 11.8 Å². The van der Waals surface area contributed by atoms with Crippen LogP contribution in [-0.4, -0.2) is 52.7 Å². The van der Waals surface area contributed by atoms with E-state index in [9.17, 15) is 9.59 Å². The molecule has 1 saturated heterocycles. The maximum absolute atomic E-state index is 12.1. The number of amides is 2. The van der Waals surface area contributed by atoms with Gasteiger partial charge in [0.15, 0.2) is 5.82 Å². The van der Waals surface area contributed by atoms with Crippen molar-refractivity contribution >= 4 is 29.0 Å². The summed E-state index contributed by atoms with van der Waals surface area (Å²) in [5.74, 6) is 0.881. The lowest BCUT2D eigenvalue weighted by Gasteiger charge is -2.32. The van der Waals surface area contributed by atoms with Gasteiger partial charge in [-0.3, -0.25) is 19.2 Å². The molecule has 25 heavy (non-hydrogen) atoms. The van der Waals surface area contributed by atoms with Gasteiger partial charge >= 0.3 is 0 Å². The van der Waals surface area contributed by atoms with Crippen molar-refractivity contribution in [1.82, 2.24) is 20.0 Å². The van der Waals surface area contributed by atoms with Gasteiger partial charge in [0.25, 0.3) is 5.91 Å². The zero-order valence-corrected chi connectivity index (χ0v) is 15.1. The van der Waals surface area contributed by atoms with E-state index in [1.807, 2.05) is 24.6 Å². The Labute approximate surface area is 151 Å². The fourth-order valence-corrected chi connectivity index (χ4v) is 3.70. The predicted molar refractivity (Wildman–Crippen MR) is 97.7 cm³/mol. The van der Waals surface area contributed by atoms with Crippen molar-refractivity contribution in [1.29, 1.82) is 0 Å². The number of hydrogen-bond donors (Lipinski definition) is 2. The molecule has 0 aliphatic carbocycles. The lowest BCUT2D eigenvalue weighted by atomic mass is 9.98. The van der Waals surface area contributed by atoms with Crippen molar-refractivity contribution in [3.63, 3.8) is 0 Å². The van der Waals surface area contributed by atoms with E-state index in [0.717, 1.165) is 30.8 Å². The second kappa shape index (κ2) is 8.26. The molecule has 3 heterocycles. The molecule has 2 N–H and O–H groups in total. The van der Waals surface area contributed by atoms with Crippen molar-refractivity contribution in [2.24, 2.45) is 13.0 Å². The number of hydrogen-bond acceptors (Lipinski definition) is 5. The SMILES string of the molecule is Cn1ccc(NC(=O)CN2CCCC(CNC(=O)c3cccs3)C2)n1. The Balaban J connectivity index is 1.43. The summed E-state index contributed by atoms with van der Waals surface area (Å²) in [6, 6.07) is 5.48. The van der Waals surface area contributed by atoms with Gasteiger partial charge in [0.2, 0.25) is 5.91 Å². The number of aromatic nitrogens is 2. The smallest absolute Gasteiger partial charge is 0.261 e. The molecule has 2 aromatic rings. The average Bonchev–Trinajstić information content (AvgIpc) is 3.25. The molecule has 1 unspecified atom stereocenters. The minimum atomic E-state index is -0.0537. The number of likely N-dealkylation sites (tertiary alicyclic amines) is 1. The average molecular weight is 361 g/mol. The third-order valence-corrected chi connectivity index (χ3v) is 5.12. The Hall–Kier alpha value is -2.19. The first-order valence-corrected chi connectivity index (χ1v) is 9.31. The van der Waals surface area contributed by atoms with E-state index >= 15 is 0 Å².